The number of nitrogens with two attached hydrogens (primary N) is 1. The number of aromatic nitrogens is 3. The fourth-order valence-electron chi connectivity index (χ4n) is 1.48. The summed E-state index contributed by atoms with van der Waals surface area (Å²) in [6.07, 6.45) is 2.73. The van der Waals surface area contributed by atoms with Crippen LogP contribution in [0.25, 0.3) is 0 Å². The van der Waals surface area contributed by atoms with E-state index in [0.717, 1.165) is 11.3 Å². The molecule has 0 saturated carbocycles. The van der Waals surface area contributed by atoms with Crippen LogP contribution in [0.1, 0.15) is 11.3 Å². The van der Waals surface area contributed by atoms with Crippen molar-refractivity contribution in [2.24, 2.45) is 5.84 Å². The smallest absolute Gasteiger partial charge is 0.242 e. The number of nitrogens with one attached hydrogen (secondary N) is 3. The highest BCUT2D eigenvalue weighted by Gasteiger charge is 2.17. The van der Waals surface area contributed by atoms with Gasteiger partial charge in [-0.25, -0.2) is 24.0 Å². The fraction of sp³-hybridized carbons (Fsp3) is 0.200. The molecule has 0 spiro atoms. The van der Waals surface area contributed by atoms with Gasteiger partial charge in [-0.1, -0.05) is 11.6 Å². The van der Waals surface area contributed by atoms with Gasteiger partial charge in [-0.05, 0) is 13.0 Å². The van der Waals surface area contributed by atoms with Gasteiger partial charge in [-0.2, -0.15) is 5.10 Å². The molecule has 0 bridgehead atoms. The molecule has 2 rings (SSSR count). The van der Waals surface area contributed by atoms with E-state index in [1.165, 1.54) is 12.3 Å². The number of hydrazine groups is 1. The quantitative estimate of drug-likeness (QED) is 0.471. The van der Waals surface area contributed by atoms with Crippen LogP contribution in [0.15, 0.2) is 23.4 Å². The first-order chi connectivity index (χ1) is 9.44. The van der Waals surface area contributed by atoms with Crippen LogP contribution in [0, 0.1) is 6.92 Å². The number of anilines is 1. The molecule has 108 valence electrons. The minimum absolute atomic E-state index is 0.0392. The van der Waals surface area contributed by atoms with Gasteiger partial charge in [-0.15, -0.1) is 0 Å². The summed E-state index contributed by atoms with van der Waals surface area (Å²) in [5.41, 5.74) is 3.82. The third-order valence-corrected chi connectivity index (χ3v) is 4.31. The topological polar surface area (TPSA) is 126 Å². The van der Waals surface area contributed by atoms with E-state index in [1.54, 1.807) is 13.1 Å². The lowest BCUT2D eigenvalue weighted by molar-refractivity contribution is 0.581. The first kappa shape index (κ1) is 14.7. The molecule has 0 aromatic carbocycles. The molecule has 2 aromatic rings. The molecule has 0 aliphatic rings. The van der Waals surface area contributed by atoms with Crippen LogP contribution >= 0.6 is 11.6 Å². The van der Waals surface area contributed by atoms with E-state index in [4.69, 9.17) is 17.4 Å². The fourth-order valence-corrected chi connectivity index (χ4v) is 2.75. The molecule has 20 heavy (non-hydrogen) atoms. The standard InChI is InChI=1S/C10H13ClN6O2S/c1-6-7(3-14-17-6)4-15-20(18,19)8-2-9(11)10(16-12)13-5-8/h2-3,5,15H,4,12H2,1H3,(H,13,16)(H,14,17). The van der Waals surface area contributed by atoms with Gasteiger partial charge in [0, 0.05) is 24.0 Å². The summed E-state index contributed by atoms with van der Waals surface area (Å²) in [5.74, 6) is 5.38. The lowest BCUT2D eigenvalue weighted by atomic mass is 10.3. The summed E-state index contributed by atoms with van der Waals surface area (Å²) in [6.45, 7) is 1.93. The Morgan fingerprint density at radius 3 is 2.75 bits per heavy atom. The van der Waals surface area contributed by atoms with Crippen molar-refractivity contribution in [3.05, 3.63) is 34.7 Å². The van der Waals surface area contributed by atoms with Gasteiger partial charge in [0.15, 0.2) is 5.82 Å². The number of hydrogen-bond acceptors (Lipinski definition) is 6. The minimum atomic E-state index is -3.71. The van der Waals surface area contributed by atoms with Crippen LogP contribution in [-0.4, -0.2) is 23.6 Å². The lowest BCUT2D eigenvalue weighted by Gasteiger charge is -2.08. The maximum absolute atomic E-state index is 12.1. The minimum Gasteiger partial charge on any atom is -0.307 e. The van der Waals surface area contributed by atoms with Crippen LogP contribution in [-0.2, 0) is 16.6 Å². The Balaban J connectivity index is 2.18. The van der Waals surface area contributed by atoms with Gasteiger partial charge in [0.1, 0.15) is 4.90 Å². The van der Waals surface area contributed by atoms with E-state index in [9.17, 15) is 8.42 Å². The highest BCUT2D eigenvalue weighted by Crippen LogP contribution is 2.21. The van der Waals surface area contributed by atoms with Gasteiger partial charge >= 0.3 is 0 Å². The zero-order valence-electron chi connectivity index (χ0n) is 10.5. The Morgan fingerprint density at radius 1 is 1.45 bits per heavy atom. The molecule has 0 aliphatic heterocycles. The third-order valence-electron chi connectivity index (χ3n) is 2.65. The van der Waals surface area contributed by atoms with Crippen molar-refractivity contribution < 1.29 is 8.42 Å². The van der Waals surface area contributed by atoms with Crippen LogP contribution in [0.3, 0.4) is 0 Å². The molecule has 10 heteroatoms. The normalized spacial score (nSPS) is 11.6. The largest absolute Gasteiger partial charge is 0.307 e. The highest BCUT2D eigenvalue weighted by molar-refractivity contribution is 7.89. The summed E-state index contributed by atoms with van der Waals surface area (Å²) in [5, 5.41) is 6.67. The van der Waals surface area contributed by atoms with Crippen molar-refractivity contribution in [1.82, 2.24) is 19.9 Å². The van der Waals surface area contributed by atoms with Crippen LogP contribution in [0.4, 0.5) is 5.82 Å². The summed E-state index contributed by atoms with van der Waals surface area (Å²) in [6, 6.07) is 1.27. The molecule has 8 nitrogen and oxygen atoms in total. The molecule has 5 N–H and O–H groups in total. The van der Waals surface area contributed by atoms with Crippen LogP contribution in [0.5, 0.6) is 0 Å². The predicted octanol–water partition coefficient (Wildman–Crippen LogP) is 0.531. The maximum Gasteiger partial charge on any atom is 0.242 e. The first-order valence-corrected chi connectivity index (χ1v) is 7.41. The maximum atomic E-state index is 12.1. The van der Waals surface area contributed by atoms with Gasteiger partial charge in [-0.3, -0.25) is 5.10 Å². The Morgan fingerprint density at radius 2 is 2.20 bits per heavy atom. The van der Waals surface area contributed by atoms with Crippen molar-refractivity contribution >= 4 is 27.4 Å². The summed E-state index contributed by atoms with van der Waals surface area (Å²) in [7, 11) is -3.71. The zero-order valence-corrected chi connectivity index (χ0v) is 12.1. The predicted molar refractivity (Wildman–Crippen MR) is 74.4 cm³/mol. The molecule has 0 fully saturated rings. The van der Waals surface area contributed by atoms with E-state index in [2.05, 4.69) is 25.3 Å². The van der Waals surface area contributed by atoms with Crippen molar-refractivity contribution in [1.29, 1.82) is 0 Å². The average Bonchev–Trinajstić information content (AvgIpc) is 2.82. The van der Waals surface area contributed by atoms with Gasteiger partial charge < -0.3 is 5.43 Å². The number of aromatic amines is 1. The number of nitrogen functional groups attached to an aromatic ring is 1. The van der Waals surface area contributed by atoms with Crippen LogP contribution in [0.2, 0.25) is 5.02 Å². The molecule has 0 aliphatic carbocycles. The van der Waals surface area contributed by atoms with Crippen LogP contribution < -0.4 is 16.0 Å². The van der Waals surface area contributed by atoms with Crippen molar-refractivity contribution in [2.75, 3.05) is 5.43 Å². The van der Waals surface area contributed by atoms with E-state index in [0.29, 0.717) is 0 Å². The lowest BCUT2D eigenvalue weighted by Crippen LogP contribution is -2.23. The molecule has 0 atom stereocenters. The summed E-state index contributed by atoms with van der Waals surface area (Å²) >= 11 is 5.85. The molecule has 0 unspecified atom stereocenters. The number of halogens is 1. The Labute approximate surface area is 120 Å². The molecular formula is C10H13ClN6O2S. The molecule has 2 aromatic heterocycles. The van der Waals surface area contributed by atoms with E-state index < -0.39 is 10.0 Å². The molecule has 0 amide bonds. The number of pyridine rings is 1. The van der Waals surface area contributed by atoms with Crippen molar-refractivity contribution in [3.63, 3.8) is 0 Å². The number of nitrogens with zero attached hydrogens (tertiary/aromatic N) is 2. The van der Waals surface area contributed by atoms with Crippen molar-refractivity contribution in [2.45, 2.75) is 18.4 Å². The second kappa shape index (κ2) is 5.75. The van der Waals surface area contributed by atoms with Gasteiger partial charge in [0.25, 0.3) is 0 Å². The Kier molecular flexibility index (Phi) is 4.23. The molecular weight excluding hydrogens is 304 g/mol. The Hall–Kier alpha value is -1.68. The number of sulfonamides is 1. The highest BCUT2D eigenvalue weighted by atomic mass is 35.5. The summed E-state index contributed by atoms with van der Waals surface area (Å²) < 4.78 is 26.6. The van der Waals surface area contributed by atoms with E-state index in [-0.39, 0.29) is 22.3 Å². The Bertz CT molecular complexity index is 714. The second-order valence-electron chi connectivity index (χ2n) is 3.99. The number of aryl methyl sites for hydroxylation is 1. The first-order valence-electron chi connectivity index (χ1n) is 5.54. The second-order valence-corrected chi connectivity index (χ2v) is 6.16. The number of rotatable bonds is 5. The zero-order chi connectivity index (χ0) is 14.8. The third kappa shape index (κ3) is 3.07. The average molecular weight is 317 g/mol. The van der Waals surface area contributed by atoms with Gasteiger partial charge in [0.05, 0.1) is 11.2 Å². The number of H-pyrrole nitrogens is 1. The monoisotopic (exact) mass is 316 g/mol. The summed E-state index contributed by atoms with van der Waals surface area (Å²) in [4.78, 5) is 3.78. The molecule has 0 radical (unpaired) electrons. The molecule has 0 saturated heterocycles. The molecule has 2 heterocycles. The van der Waals surface area contributed by atoms with E-state index in [1.807, 2.05) is 0 Å². The number of hydrogen-bond donors (Lipinski definition) is 4. The van der Waals surface area contributed by atoms with Gasteiger partial charge in [0.2, 0.25) is 10.0 Å². The van der Waals surface area contributed by atoms with Crippen molar-refractivity contribution in [3.8, 4) is 0 Å². The van der Waals surface area contributed by atoms with E-state index >= 15 is 0 Å². The SMILES string of the molecule is Cc1[nH]ncc1CNS(=O)(=O)c1cnc(NN)c(Cl)c1.